The van der Waals surface area contributed by atoms with E-state index >= 15 is 0 Å². The van der Waals surface area contributed by atoms with Crippen LogP contribution in [0.3, 0.4) is 0 Å². The third-order valence-electron chi connectivity index (χ3n) is 2.92. The lowest BCUT2D eigenvalue weighted by atomic mass is 10.1. The molecule has 0 bridgehead atoms. The molecule has 2 aromatic carbocycles. The van der Waals surface area contributed by atoms with Gasteiger partial charge in [-0.25, -0.2) is 0 Å². The molecule has 0 atom stereocenters. The van der Waals surface area contributed by atoms with Crippen molar-refractivity contribution in [3.05, 3.63) is 69.7 Å². The summed E-state index contributed by atoms with van der Waals surface area (Å²) in [6.07, 6.45) is 3.60. The largest absolute Gasteiger partial charge is 0.497 e. The van der Waals surface area contributed by atoms with E-state index in [1.54, 1.807) is 31.4 Å². The summed E-state index contributed by atoms with van der Waals surface area (Å²) in [4.78, 5) is 12.0. The van der Waals surface area contributed by atoms with Gasteiger partial charge in [-0.15, -0.1) is 0 Å². The second-order valence-electron chi connectivity index (χ2n) is 4.50. The van der Waals surface area contributed by atoms with Crippen LogP contribution < -0.4 is 4.74 Å². The average Bonchev–Trinajstić information content (AvgIpc) is 2.48. The zero-order chi connectivity index (χ0) is 15.2. The highest BCUT2D eigenvalue weighted by molar-refractivity contribution is 6.42. The highest BCUT2D eigenvalue weighted by Gasteiger charge is 2.02. The molecule has 0 fully saturated rings. The molecule has 2 aromatic rings. The molecule has 108 valence electrons. The first-order valence-corrected chi connectivity index (χ1v) is 7.13. The predicted octanol–water partition coefficient (Wildman–Crippen LogP) is 4.83. The highest BCUT2D eigenvalue weighted by atomic mass is 35.5. The maximum atomic E-state index is 12.0. The Bertz CT molecular complexity index is 678. The van der Waals surface area contributed by atoms with E-state index in [0.717, 1.165) is 16.9 Å². The summed E-state index contributed by atoms with van der Waals surface area (Å²) < 4.78 is 5.13. The number of ketones is 1. The minimum atomic E-state index is 0.00863. The summed E-state index contributed by atoms with van der Waals surface area (Å²) in [6.45, 7) is 0. The van der Waals surface area contributed by atoms with Gasteiger partial charge in [-0.05, 0) is 41.5 Å². The van der Waals surface area contributed by atoms with Crippen molar-refractivity contribution in [2.24, 2.45) is 0 Å². The van der Waals surface area contributed by atoms with Gasteiger partial charge in [0.15, 0.2) is 5.78 Å². The van der Waals surface area contributed by atoms with Gasteiger partial charge in [-0.2, -0.15) is 0 Å². The fourth-order valence-corrected chi connectivity index (χ4v) is 2.15. The summed E-state index contributed by atoms with van der Waals surface area (Å²) in [6, 6.07) is 12.7. The Hall–Kier alpha value is -1.77. The van der Waals surface area contributed by atoms with Crippen LogP contribution in [0, 0.1) is 0 Å². The van der Waals surface area contributed by atoms with Crippen LogP contribution in [-0.4, -0.2) is 12.9 Å². The third kappa shape index (κ3) is 4.62. The van der Waals surface area contributed by atoms with Crippen molar-refractivity contribution in [3.63, 3.8) is 0 Å². The summed E-state index contributed by atoms with van der Waals surface area (Å²) in [5, 5.41) is 0.968. The van der Waals surface area contributed by atoms with Gasteiger partial charge in [0, 0.05) is 6.42 Å². The monoisotopic (exact) mass is 320 g/mol. The lowest BCUT2D eigenvalue weighted by molar-refractivity contribution is -0.113. The number of benzene rings is 2. The molecule has 0 heterocycles. The van der Waals surface area contributed by atoms with Gasteiger partial charge in [0.25, 0.3) is 0 Å². The normalized spacial score (nSPS) is 10.8. The molecule has 0 spiro atoms. The zero-order valence-electron chi connectivity index (χ0n) is 11.5. The first kappa shape index (κ1) is 15.6. The topological polar surface area (TPSA) is 26.3 Å². The van der Waals surface area contributed by atoms with Crippen molar-refractivity contribution < 1.29 is 9.53 Å². The van der Waals surface area contributed by atoms with E-state index in [9.17, 15) is 4.79 Å². The Morgan fingerprint density at radius 1 is 1.14 bits per heavy atom. The van der Waals surface area contributed by atoms with Crippen molar-refractivity contribution in [2.75, 3.05) is 7.11 Å². The van der Waals surface area contributed by atoms with E-state index in [0.29, 0.717) is 16.5 Å². The van der Waals surface area contributed by atoms with Crippen molar-refractivity contribution in [2.45, 2.75) is 6.42 Å². The lowest BCUT2D eigenvalue weighted by Crippen LogP contribution is -1.98. The van der Waals surface area contributed by atoms with Crippen LogP contribution in [0.1, 0.15) is 11.1 Å². The molecule has 4 heteroatoms. The van der Waals surface area contributed by atoms with Gasteiger partial charge in [-0.3, -0.25) is 4.79 Å². The quantitative estimate of drug-likeness (QED) is 0.738. The molecular weight excluding hydrogens is 307 g/mol. The fourth-order valence-electron chi connectivity index (χ4n) is 1.85. The van der Waals surface area contributed by atoms with E-state index in [4.69, 9.17) is 27.9 Å². The van der Waals surface area contributed by atoms with E-state index < -0.39 is 0 Å². The van der Waals surface area contributed by atoms with Crippen molar-refractivity contribution >= 4 is 35.1 Å². The predicted molar refractivity (Wildman–Crippen MR) is 87.2 cm³/mol. The van der Waals surface area contributed by atoms with Crippen LogP contribution in [0.25, 0.3) is 6.08 Å². The van der Waals surface area contributed by atoms with Gasteiger partial charge >= 0.3 is 0 Å². The molecule has 0 aliphatic carbocycles. The minimum Gasteiger partial charge on any atom is -0.497 e. The van der Waals surface area contributed by atoms with Crippen LogP contribution in [-0.2, 0) is 11.2 Å². The Morgan fingerprint density at radius 2 is 1.95 bits per heavy atom. The van der Waals surface area contributed by atoms with Crippen LogP contribution in [0.2, 0.25) is 10.0 Å². The summed E-state index contributed by atoms with van der Waals surface area (Å²) in [5.74, 6) is 0.753. The Labute approximate surface area is 134 Å². The summed E-state index contributed by atoms with van der Waals surface area (Å²) >= 11 is 11.8. The summed E-state index contributed by atoms with van der Waals surface area (Å²) in [5.41, 5.74) is 1.75. The maximum Gasteiger partial charge on any atom is 0.160 e. The number of carbonyl (C=O) groups is 1. The lowest BCUT2D eigenvalue weighted by Gasteiger charge is -2.02. The molecule has 0 unspecified atom stereocenters. The molecule has 0 aliphatic heterocycles. The molecule has 0 N–H and O–H groups in total. The van der Waals surface area contributed by atoms with Gasteiger partial charge in [0.05, 0.1) is 17.2 Å². The van der Waals surface area contributed by atoms with E-state index in [-0.39, 0.29) is 5.78 Å². The fraction of sp³-hybridized carbons (Fsp3) is 0.118. The van der Waals surface area contributed by atoms with Gasteiger partial charge < -0.3 is 4.74 Å². The first-order chi connectivity index (χ1) is 10.1. The average molecular weight is 321 g/mol. The molecular formula is C17H14Cl2O2. The second-order valence-corrected chi connectivity index (χ2v) is 5.32. The summed E-state index contributed by atoms with van der Waals surface area (Å²) in [7, 11) is 1.60. The molecule has 0 aromatic heterocycles. The maximum absolute atomic E-state index is 12.0. The number of hydrogen-bond donors (Lipinski definition) is 0. The molecule has 0 saturated heterocycles. The number of halogens is 2. The van der Waals surface area contributed by atoms with Gasteiger partial charge in [-0.1, -0.05) is 47.5 Å². The molecule has 0 saturated carbocycles. The Morgan fingerprint density at radius 3 is 2.67 bits per heavy atom. The minimum absolute atomic E-state index is 0.00863. The number of allylic oxidation sites excluding steroid dienone is 1. The zero-order valence-corrected chi connectivity index (χ0v) is 13.0. The van der Waals surface area contributed by atoms with E-state index in [2.05, 4.69) is 0 Å². The SMILES string of the molecule is COc1cccc(CC(=O)C=Cc2ccc(Cl)c(Cl)c2)c1. The van der Waals surface area contributed by atoms with Crippen LogP contribution >= 0.6 is 23.2 Å². The molecule has 0 amide bonds. The van der Waals surface area contributed by atoms with Crippen molar-refractivity contribution in [1.29, 1.82) is 0 Å². The molecule has 2 nitrogen and oxygen atoms in total. The van der Waals surface area contributed by atoms with E-state index in [1.165, 1.54) is 0 Å². The van der Waals surface area contributed by atoms with E-state index in [1.807, 2.05) is 30.3 Å². The Balaban J connectivity index is 2.03. The number of methoxy groups -OCH3 is 1. The molecule has 0 radical (unpaired) electrons. The van der Waals surface area contributed by atoms with Crippen LogP contribution in [0.5, 0.6) is 5.75 Å². The third-order valence-corrected chi connectivity index (χ3v) is 3.66. The van der Waals surface area contributed by atoms with Crippen LogP contribution in [0.15, 0.2) is 48.5 Å². The van der Waals surface area contributed by atoms with Gasteiger partial charge in [0.1, 0.15) is 5.75 Å². The van der Waals surface area contributed by atoms with Crippen LogP contribution in [0.4, 0.5) is 0 Å². The number of hydrogen-bond acceptors (Lipinski definition) is 2. The van der Waals surface area contributed by atoms with Gasteiger partial charge in [0.2, 0.25) is 0 Å². The number of carbonyl (C=O) groups excluding carboxylic acids is 1. The molecule has 2 rings (SSSR count). The Kier molecular flexibility index (Phi) is 5.43. The standard InChI is InChI=1S/C17H14Cl2O2/c1-21-15-4-2-3-13(10-15)9-14(20)7-5-12-6-8-16(18)17(19)11-12/h2-8,10-11H,9H2,1H3. The molecule has 0 aliphatic rings. The second kappa shape index (κ2) is 7.30. The van der Waals surface area contributed by atoms with Crippen molar-refractivity contribution in [3.8, 4) is 5.75 Å². The first-order valence-electron chi connectivity index (χ1n) is 6.37. The smallest absolute Gasteiger partial charge is 0.160 e. The number of rotatable bonds is 5. The highest BCUT2D eigenvalue weighted by Crippen LogP contribution is 2.23. The van der Waals surface area contributed by atoms with Crippen molar-refractivity contribution in [1.82, 2.24) is 0 Å². The number of ether oxygens (including phenoxy) is 1. The molecule has 21 heavy (non-hydrogen) atoms.